The van der Waals surface area contributed by atoms with Crippen molar-refractivity contribution in [2.45, 2.75) is 56.4 Å². The number of fused-ring (bicyclic) bond motifs is 2. The number of hydrogen-bond acceptors (Lipinski definition) is 4. The van der Waals surface area contributed by atoms with Crippen molar-refractivity contribution in [2.75, 3.05) is 13.1 Å². The van der Waals surface area contributed by atoms with E-state index in [-0.39, 0.29) is 5.91 Å². The summed E-state index contributed by atoms with van der Waals surface area (Å²) in [5.41, 5.74) is 0.655. The minimum Gasteiger partial charge on any atom is -0.472 e. The third-order valence-electron chi connectivity index (χ3n) is 5.11. The Balaban J connectivity index is 1.28. The molecule has 0 saturated carbocycles. The lowest BCUT2D eigenvalue weighted by atomic mass is 9.93. The number of ether oxygens (including phenoxy) is 1. The Morgan fingerprint density at radius 3 is 2.71 bits per heavy atom. The van der Waals surface area contributed by atoms with Gasteiger partial charge in [-0.25, -0.2) is 0 Å². The van der Waals surface area contributed by atoms with Gasteiger partial charge < -0.3 is 19.4 Å². The van der Waals surface area contributed by atoms with Crippen LogP contribution in [0, 0.1) is 0 Å². The summed E-state index contributed by atoms with van der Waals surface area (Å²) in [6.45, 7) is 1.65. The third kappa shape index (κ3) is 2.60. The van der Waals surface area contributed by atoms with Crippen molar-refractivity contribution in [3.05, 3.63) is 24.2 Å². The molecule has 3 aliphatic rings. The largest absolute Gasteiger partial charge is 0.472 e. The molecule has 0 aliphatic carbocycles. The molecule has 3 saturated heterocycles. The van der Waals surface area contributed by atoms with Gasteiger partial charge in [0.05, 0.1) is 24.0 Å². The summed E-state index contributed by atoms with van der Waals surface area (Å²) >= 11 is 0. The van der Waals surface area contributed by atoms with Crippen LogP contribution < -0.4 is 5.32 Å². The Hall–Kier alpha value is -1.33. The predicted octanol–water partition coefficient (Wildman–Crippen LogP) is 1.79. The van der Waals surface area contributed by atoms with Gasteiger partial charge in [-0.15, -0.1) is 0 Å². The number of carbonyl (C=O) groups excluding carboxylic acids is 1. The highest BCUT2D eigenvalue weighted by molar-refractivity contribution is 5.93. The Kier molecular flexibility index (Phi) is 3.47. The van der Waals surface area contributed by atoms with Crippen LogP contribution in [0.4, 0.5) is 0 Å². The molecule has 0 unspecified atom stereocenters. The number of nitrogens with one attached hydrogen (secondary N) is 1. The van der Waals surface area contributed by atoms with Gasteiger partial charge in [0, 0.05) is 25.2 Å². The first-order valence-electron chi connectivity index (χ1n) is 8.02. The van der Waals surface area contributed by atoms with Gasteiger partial charge in [0.1, 0.15) is 6.26 Å². The average Bonchev–Trinajstić information content (AvgIpc) is 3.25. The second-order valence-electron chi connectivity index (χ2n) is 6.46. The molecule has 3 atom stereocenters. The number of nitrogens with zero attached hydrogens (tertiary/aromatic N) is 1. The summed E-state index contributed by atoms with van der Waals surface area (Å²) in [5.74, 6) is 0.0884. The van der Waals surface area contributed by atoms with Crippen LogP contribution in [-0.2, 0) is 4.74 Å². The zero-order chi connectivity index (χ0) is 14.2. The van der Waals surface area contributed by atoms with Gasteiger partial charge >= 0.3 is 0 Å². The Labute approximate surface area is 124 Å². The fraction of sp³-hybridized carbons (Fsp3) is 0.688. The van der Waals surface area contributed by atoms with E-state index >= 15 is 0 Å². The first-order valence-corrected chi connectivity index (χ1v) is 8.02. The minimum atomic E-state index is 0.0884. The van der Waals surface area contributed by atoms with E-state index in [2.05, 4.69) is 5.32 Å². The van der Waals surface area contributed by atoms with E-state index in [0.29, 0.717) is 29.9 Å². The van der Waals surface area contributed by atoms with E-state index in [4.69, 9.17) is 9.15 Å². The predicted molar refractivity (Wildman–Crippen MR) is 77.1 cm³/mol. The summed E-state index contributed by atoms with van der Waals surface area (Å²) in [4.78, 5) is 14.2. The molecule has 21 heavy (non-hydrogen) atoms. The molecule has 0 spiro atoms. The summed E-state index contributed by atoms with van der Waals surface area (Å²) in [7, 11) is 0. The molecule has 114 valence electrons. The van der Waals surface area contributed by atoms with Crippen LogP contribution in [0.3, 0.4) is 0 Å². The molecule has 2 bridgehead atoms. The van der Waals surface area contributed by atoms with E-state index in [9.17, 15) is 4.79 Å². The van der Waals surface area contributed by atoms with Crippen molar-refractivity contribution in [1.29, 1.82) is 0 Å². The summed E-state index contributed by atoms with van der Waals surface area (Å²) in [6, 6.07) is 2.79. The Bertz CT molecular complexity index is 494. The number of rotatable bonds is 3. The molecule has 3 fully saturated rings. The zero-order valence-corrected chi connectivity index (χ0v) is 12.2. The van der Waals surface area contributed by atoms with Crippen LogP contribution >= 0.6 is 0 Å². The van der Waals surface area contributed by atoms with Gasteiger partial charge in [0.25, 0.3) is 5.91 Å². The zero-order valence-electron chi connectivity index (χ0n) is 12.2. The fourth-order valence-corrected chi connectivity index (χ4v) is 3.93. The lowest BCUT2D eigenvalue weighted by Gasteiger charge is -2.35. The first kappa shape index (κ1) is 13.3. The molecule has 5 heteroatoms. The summed E-state index contributed by atoms with van der Waals surface area (Å²) < 4.78 is 10.9. The summed E-state index contributed by atoms with van der Waals surface area (Å²) in [6.07, 6.45) is 9.67. The standard InChI is InChI=1S/C16H22N2O3/c19-16(11-5-8-20-10-11)18-6-3-12(4-7-18)17-14-9-13-1-2-15(14)21-13/h5,8,10,12-15,17H,1-4,6-7,9H2/t13-,14-,15+/m1/s1. The molecule has 4 heterocycles. The van der Waals surface area contributed by atoms with Gasteiger partial charge in [-0.1, -0.05) is 0 Å². The smallest absolute Gasteiger partial charge is 0.257 e. The lowest BCUT2D eigenvalue weighted by molar-refractivity contribution is 0.0686. The van der Waals surface area contributed by atoms with E-state index in [1.54, 1.807) is 12.3 Å². The number of furan rings is 1. The highest BCUT2D eigenvalue weighted by atomic mass is 16.5. The quantitative estimate of drug-likeness (QED) is 0.922. The molecule has 1 amide bonds. The van der Waals surface area contributed by atoms with Crippen molar-refractivity contribution in [2.24, 2.45) is 0 Å². The van der Waals surface area contributed by atoms with Crippen molar-refractivity contribution >= 4 is 5.91 Å². The Morgan fingerprint density at radius 1 is 1.24 bits per heavy atom. The van der Waals surface area contributed by atoms with Crippen LogP contribution in [0.5, 0.6) is 0 Å². The minimum absolute atomic E-state index is 0.0884. The van der Waals surface area contributed by atoms with Gasteiger partial charge in [0.2, 0.25) is 0 Å². The molecule has 5 nitrogen and oxygen atoms in total. The van der Waals surface area contributed by atoms with Crippen LogP contribution in [0.1, 0.15) is 42.5 Å². The monoisotopic (exact) mass is 290 g/mol. The topological polar surface area (TPSA) is 54.7 Å². The van der Waals surface area contributed by atoms with Gasteiger partial charge in [-0.3, -0.25) is 4.79 Å². The molecule has 1 aromatic heterocycles. The highest BCUT2D eigenvalue weighted by Gasteiger charge is 2.41. The lowest BCUT2D eigenvalue weighted by Crippen LogP contribution is -2.50. The molecule has 1 aromatic rings. The molecule has 0 aromatic carbocycles. The highest BCUT2D eigenvalue weighted by Crippen LogP contribution is 2.35. The van der Waals surface area contributed by atoms with Gasteiger partial charge in [0.15, 0.2) is 0 Å². The summed E-state index contributed by atoms with van der Waals surface area (Å²) in [5, 5.41) is 3.76. The molecule has 1 N–H and O–H groups in total. The van der Waals surface area contributed by atoms with E-state index in [1.807, 2.05) is 4.90 Å². The second kappa shape index (κ2) is 5.46. The molecular formula is C16H22N2O3. The third-order valence-corrected chi connectivity index (χ3v) is 5.11. The number of amides is 1. The van der Waals surface area contributed by atoms with Crippen LogP contribution in [0.25, 0.3) is 0 Å². The van der Waals surface area contributed by atoms with Crippen molar-refractivity contribution in [3.63, 3.8) is 0 Å². The Morgan fingerprint density at radius 2 is 2.10 bits per heavy atom. The molecular weight excluding hydrogens is 268 g/mol. The normalized spacial score (nSPS) is 32.8. The number of hydrogen-bond donors (Lipinski definition) is 1. The SMILES string of the molecule is O=C(c1ccoc1)N1CCC(N[C@@H]2C[C@H]3CC[C@@H]2O3)CC1. The van der Waals surface area contributed by atoms with Crippen molar-refractivity contribution in [3.8, 4) is 0 Å². The molecule has 4 rings (SSSR count). The van der Waals surface area contributed by atoms with Crippen LogP contribution in [0.15, 0.2) is 23.0 Å². The number of carbonyl (C=O) groups is 1. The van der Waals surface area contributed by atoms with Crippen molar-refractivity contribution < 1.29 is 13.9 Å². The van der Waals surface area contributed by atoms with E-state index in [1.165, 1.54) is 25.5 Å². The number of likely N-dealkylation sites (tertiary alicyclic amines) is 1. The maximum atomic E-state index is 12.2. The molecule has 3 aliphatic heterocycles. The average molecular weight is 290 g/mol. The van der Waals surface area contributed by atoms with Crippen LogP contribution in [0.2, 0.25) is 0 Å². The second-order valence-corrected chi connectivity index (χ2v) is 6.46. The van der Waals surface area contributed by atoms with Crippen LogP contribution in [-0.4, -0.2) is 48.2 Å². The first-order chi connectivity index (χ1) is 10.3. The molecule has 0 radical (unpaired) electrons. The van der Waals surface area contributed by atoms with Gasteiger partial charge in [-0.05, 0) is 38.2 Å². The van der Waals surface area contributed by atoms with E-state index in [0.717, 1.165) is 25.9 Å². The maximum Gasteiger partial charge on any atom is 0.257 e. The van der Waals surface area contributed by atoms with Gasteiger partial charge in [-0.2, -0.15) is 0 Å². The number of piperidine rings is 1. The van der Waals surface area contributed by atoms with E-state index < -0.39 is 0 Å². The maximum absolute atomic E-state index is 12.2. The van der Waals surface area contributed by atoms with Crippen molar-refractivity contribution in [1.82, 2.24) is 10.2 Å². The fourth-order valence-electron chi connectivity index (χ4n) is 3.93.